The van der Waals surface area contributed by atoms with E-state index in [0.717, 1.165) is 0 Å². The summed E-state index contributed by atoms with van der Waals surface area (Å²) in [5.74, 6) is -5.98. The third-order valence-electron chi connectivity index (χ3n) is 4.92. The van der Waals surface area contributed by atoms with E-state index >= 15 is 0 Å². The molecule has 0 atom stereocenters. The predicted octanol–water partition coefficient (Wildman–Crippen LogP) is 3.13. The number of anilines is 1. The van der Waals surface area contributed by atoms with Crippen molar-refractivity contribution in [2.75, 3.05) is 38.1 Å². The molecule has 29 heavy (non-hydrogen) atoms. The van der Waals surface area contributed by atoms with Crippen molar-refractivity contribution in [2.45, 2.75) is 19.0 Å². The first kappa shape index (κ1) is 19.7. The lowest BCUT2D eigenvalue weighted by Gasteiger charge is -2.33. The molecule has 156 valence electrons. The Bertz CT molecular complexity index is 1080. The molecule has 1 aliphatic rings. The number of fused-ring (bicyclic) bond motifs is 3. The minimum absolute atomic E-state index is 0.0276. The Morgan fingerprint density at radius 3 is 2.24 bits per heavy atom. The summed E-state index contributed by atoms with van der Waals surface area (Å²) < 4.78 is 81.9. The number of benzene rings is 1. The molecule has 0 unspecified atom stereocenters. The molecular weight excluding hydrogens is 402 g/mol. The fourth-order valence-corrected chi connectivity index (χ4v) is 3.32. The van der Waals surface area contributed by atoms with E-state index < -0.39 is 23.5 Å². The van der Waals surface area contributed by atoms with E-state index in [-0.39, 0.29) is 34.4 Å². The van der Waals surface area contributed by atoms with Gasteiger partial charge in [-0.25, -0.2) is 14.4 Å². The Labute approximate surface area is 160 Å². The monoisotopic (exact) mass is 418 g/mol. The summed E-state index contributed by atoms with van der Waals surface area (Å²) in [6.07, 6.45) is -5.86. The smallest absolute Gasteiger partial charge is 0.338 e. The lowest BCUT2D eigenvalue weighted by atomic mass is 10.0. The highest BCUT2D eigenvalue weighted by Gasteiger charge is 2.59. The summed E-state index contributed by atoms with van der Waals surface area (Å²) in [5, 5.41) is 3.92. The van der Waals surface area contributed by atoms with Gasteiger partial charge in [-0.1, -0.05) is 0 Å². The van der Waals surface area contributed by atoms with Gasteiger partial charge in [0.2, 0.25) is 5.95 Å². The van der Waals surface area contributed by atoms with E-state index in [2.05, 4.69) is 20.0 Å². The summed E-state index contributed by atoms with van der Waals surface area (Å²) in [5.41, 5.74) is -1.87. The average molecular weight is 418 g/mol. The van der Waals surface area contributed by atoms with Gasteiger partial charge >= 0.3 is 12.1 Å². The van der Waals surface area contributed by atoms with Gasteiger partial charge in [-0.05, 0) is 26.1 Å². The van der Waals surface area contributed by atoms with Gasteiger partial charge in [0.05, 0.1) is 0 Å². The van der Waals surface area contributed by atoms with Crippen LogP contribution in [-0.4, -0.2) is 63.9 Å². The Hall–Kier alpha value is -2.63. The van der Waals surface area contributed by atoms with Crippen LogP contribution in [-0.2, 0) is 5.92 Å². The molecule has 0 amide bonds. The quantitative estimate of drug-likeness (QED) is 0.599. The first-order valence-corrected chi connectivity index (χ1v) is 8.74. The number of nitrogens with zero attached hydrogens (tertiary/aromatic N) is 6. The Kier molecular flexibility index (Phi) is 4.37. The van der Waals surface area contributed by atoms with Crippen LogP contribution >= 0.6 is 0 Å². The molecule has 1 saturated heterocycles. The fraction of sp³-hybridized carbons (Fsp3) is 0.471. The van der Waals surface area contributed by atoms with Crippen LogP contribution in [0.1, 0.15) is 11.4 Å². The van der Waals surface area contributed by atoms with Crippen molar-refractivity contribution in [3.05, 3.63) is 29.3 Å². The SMILES string of the molecule is Cc1nc2c3cc(C(F)(F)C(F)(F)F)cc(F)c3nc(N3CCN(C)CC3)n2n1. The van der Waals surface area contributed by atoms with Crippen molar-refractivity contribution in [1.29, 1.82) is 0 Å². The first-order chi connectivity index (χ1) is 13.5. The summed E-state index contributed by atoms with van der Waals surface area (Å²) >= 11 is 0. The number of rotatable bonds is 2. The van der Waals surface area contributed by atoms with Crippen LogP contribution < -0.4 is 4.90 Å². The van der Waals surface area contributed by atoms with Crippen LogP contribution in [0.5, 0.6) is 0 Å². The molecule has 0 aliphatic carbocycles. The highest BCUT2D eigenvalue weighted by atomic mass is 19.4. The van der Waals surface area contributed by atoms with Gasteiger partial charge in [0.1, 0.15) is 17.2 Å². The summed E-state index contributed by atoms with van der Waals surface area (Å²) in [6, 6.07) is 0.756. The molecular formula is C17H16F6N6. The molecule has 1 aromatic carbocycles. The number of piperazine rings is 1. The van der Waals surface area contributed by atoms with E-state index in [1.807, 2.05) is 11.9 Å². The third kappa shape index (κ3) is 3.15. The van der Waals surface area contributed by atoms with Crippen molar-refractivity contribution in [3.63, 3.8) is 0 Å². The van der Waals surface area contributed by atoms with Crippen molar-refractivity contribution < 1.29 is 26.3 Å². The number of halogens is 6. The van der Waals surface area contributed by atoms with Gasteiger partial charge in [0.25, 0.3) is 0 Å². The van der Waals surface area contributed by atoms with E-state index in [9.17, 15) is 26.3 Å². The minimum atomic E-state index is -5.86. The number of hydrogen-bond acceptors (Lipinski definition) is 5. The first-order valence-electron chi connectivity index (χ1n) is 8.74. The van der Waals surface area contributed by atoms with Crippen LogP contribution in [0.25, 0.3) is 16.6 Å². The molecule has 6 nitrogen and oxygen atoms in total. The topological polar surface area (TPSA) is 49.6 Å². The van der Waals surface area contributed by atoms with Crippen LogP contribution in [0.15, 0.2) is 12.1 Å². The highest BCUT2D eigenvalue weighted by molar-refractivity contribution is 5.93. The molecule has 0 N–H and O–H groups in total. The van der Waals surface area contributed by atoms with Gasteiger partial charge in [0, 0.05) is 37.1 Å². The van der Waals surface area contributed by atoms with Crippen LogP contribution in [0.2, 0.25) is 0 Å². The largest absolute Gasteiger partial charge is 0.458 e. The molecule has 3 aromatic rings. The normalized spacial score (nSPS) is 16.9. The zero-order valence-electron chi connectivity index (χ0n) is 15.4. The van der Waals surface area contributed by atoms with E-state index in [4.69, 9.17) is 0 Å². The lowest BCUT2D eigenvalue weighted by Crippen LogP contribution is -2.45. The van der Waals surface area contributed by atoms with Crippen molar-refractivity contribution in [3.8, 4) is 0 Å². The van der Waals surface area contributed by atoms with Crippen molar-refractivity contribution >= 4 is 22.5 Å². The zero-order valence-corrected chi connectivity index (χ0v) is 15.4. The van der Waals surface area contributed by atoms with Crippen LogP contribution in [0.3, 0.4) is 0 Å². The van der Waals surface area contributed by atoms with E-state index in [1.165, 1.54) is 11.4 Å². The standard InChI is InChI=1S/C17H16F6N6/c1-9-24-14-11-7-10(16(19,20)17(21,22)23)8-12(18)13(11)25-15(29(14)26-9)28-5-3-27(2)4-6-28/h7-8H,3-6H2,1-2H3. The second-order valence-corrected chi connectivity index (χ2v) is 7.02. The number of hydrogen-bond donors (Lipinski definition) is 0. The second kappa shape index (κ2) is 6.44. The van der Waals surface area contributed by atoms with Gasteiger partial charge in [0.15, 0.2) is 5.65 Å². The Balaban J connectivity index is 1.96. The predicted molar refractivity (Wildman–Crippen MR) is 92.6 cm³/mol. The van der Waals surface area contributed by atoms with E-state index in [0.29, 0.717) is 32.2 Å². The van der Waals surface area contributed by atoms with Gasteiger partial charge in [-0.2, -0.15) is 26.5 Å². The lowest BCUT2D eigenvalue weighted by molar-refractivity contribution is -0.289. The molecule has 4 rings (SSSR count). The number of alkyl halides is 5. The third-order valence-corrected chi connectivity index (χ3v) is 4.92. The molecule has 0 saturated carbocycles. The van der Waals surface area contributed by atoms with Crippen molar-refractivity contribution in [2.24, 2.45) is 0 Å². The fourth-order valence-electron chi connectivity index (χ4n) is 3.32. The Morgan fingerprint density at radius 1 is 0.966 bits per heavy atom. The number of aryl methyl sites for hydroxylation is 1. The minimum Gasteiger partial charge on any atom is -0.338 e. The molecule has 2 aromatic heterocycles. The second-order valence-electron chi connectivity index (χ2n) is 7.02. The molecule has 0 bridgehead atoms. The van der Waals surface area contributed by atoms with Gasteiger partial charge in [-0.15, -0.1) is 5.10 Å². The summed E-state index contributed by atoms with van der Waals surface area (Å²) in [4.78, 5) is 12.3. The average Bonchev–Trinajstić information content (AvgIpc) is 3.02. The number of likely N-dealkylation sites (N-methyl/N-ethyl adjacent to an activating group) is 1. The molecule has 0 spiro atoms. The molecule has 3 heterocycles. The van der Waals surface area contributed by atoms with Gasteiger partial charge < -0.3 is 9.80 Å². The highest BCUT2D eigenvalue weighted by Crippen LogP contribution is 2.45. The maximum Gasteiger partial charge on any atom is 0.458 e. The molecule has 1 fully saturated rings. The molecule has 0 radical (unpaired) electrons. The van der Waals surface area contributed by atoms with Crippen molar-refractivity contribution in [1.82, 2.24) is 24.5 Å². The molecule has 1 aliphatic heterocycles. The summed E-state index contributed by atoms with van der Waals surface area (Å²) in [6.45, 7) is 4.10. The summed E-state index contributed by atoms with van der Waals surface area (Å²) in [7, 11) is 1.95. The van der Waals surface area contributed by atoms with Crippen LogP contribution in [0.4, 0.5) is 32.3 Å². The van der Waals surface area contributed by atoms with Gasteiger partial charge in [-0.3, -0.25) is 0 Å². The van der Waals surface area contributed by atoms with E-state index in [1.54, 1.807) is 0 Å². The Morgan fingerprint density at radius 2 is 1.62 bits per heavy atom. The molecule has 12 heteroatoms. The maximum absolute atomic E-state index is 14.7. The number of aromatic nitrogens is 4. The zero-order chi connectivity index (χ0) is 21.1. The maximum atomic E-state index is 14.7. The van der Waals surface area contributed by atoms with Crippen LogP contribution in [0, 0.1) is 12.7 Å².